The van der Waals surface area contributed by atoms with Gasteiger partial charge in [0.1, 0.15) is 17.3 Å². The zero-order chi connectivity index (χ0) is 26.4. The van der Waals surface area contributed by atoms with Crippen molar-refractivity contribution in [2.24, 2.45) is 0 Å². The van der Waals surface area contributed by atoms with Crippen LogP contribution in [0.3, 0.4) is 0 Å². The Hall–Kier alpha value is -4.41. The molecule has 1 aliphatic rings. The number of methoxy groups -OCH3 is 2. The minimum Gasteiger partial charge on any atom is -0.507 e. The minimum atomic E-state index is -1.02. The molecule has 2 N–H and O–H groups in total. The van der Waals surface area contributed by atoms with Crippen molar-refractivity contribution in [3.8, 4) is 11.5 Å². The fraction of sp³-hybridized carbons (Fsp3) is 0.320. The number of aliphatic hydroxyl groups is 1. The molecule has 0 radical (unpaired) electrons. The van der Waals surface area contributed by atoms with Gasteiger partial charge < -0.3 is 24.6 Å². The van der Waals surface area contributed by atoms with E-state index < -0.39 is 34.4 Å². The number of nitrogens with zero attached hydrogens (tertiary/aromatic N) is 2. The predicted octanol–water partition coefficient (Wildman–Crippen LogP) is 3.68. The Bertz CT molecular complexity index is 1200. The number of amides is 1. The van der Waals surface area contributed by atoms with E-state index in [-0.39, 0.29) is 29.8 Å². The summed E-state index contributed by atoms with van der Waals surface area (Å²) in [5, 5.41) is 31.0. The molecule has 36 heavy (non-hydrogen) atoms. The summed E-state index contributed by atoms with van der Waals surface area (Å²) in [6.45, 7) is 0.131. The Labute approximate surface area is 206 Å². The maximum atomic E-state index is 13.2. The van der Waals surface area contributed by atoms with E-state index in [0.29, 0.717) is 36.3 Å². The van der Waals surface area contributed by atoms with Crippen LogP contribution in [0.15, 0.2) is 48.0 Å². The van der Waals surface area contributed by atoms with Gasteiger partial charge in [-0.15, -0.1) is 0 Å². The van der Waals surface area contributed by atoms with Crippen LogP contribution in [0.5, 0.6) is 11.5 Å². The highest BCUT2D eigenvalue weighted by Crippen LogP contribution is 2.44. The Morgan fingerprint density at radius 1 is 1.03 bits per heavy atom. The van der Waals surface area contributed by atoms with Gasteiger partial charge in [0.25, 0.3) is 17.4 Å². The third kappa shape index (κ3) is 5.45. The van der Waals surface area contributed by atoms with Gasteiger partial charge in [-0.05, 0) is 43.2 Å². The fourth-order valence-corrected chi connectivity index (χ4v) is 4.12. The summed E-state index contributed by atoms with van der Waals surface area (Å²) < 4.78 is 10.8. The molecule has 1 amide bonds. The van der Waals surface area contributed by atoms with Crippen LogP contribution in [-0.4, -0.2) is 58.5 Å². The topological polar surface area (TPSA) is 157 Å². The number of hydrogen-bond donors (Lipinski definition) is 2. The number of rotatable bonds is 11. The third-order valence-corrected chi connectivity index (χ3v) is 5.91. The van der Waals surface area contributed by atoms with Gasteiger partial charge in [0.2, 0.25) is 0 Å². The van der Waals surface area contributed by atoms with Crippen molar-refractivity contribution < 1.29 is 39.0 Å². The highest BCUT2D eigenvalue weighted by Gasteiger charge is 2.47. The first-order valence-electron chi connectivity index (χ1n) is 11.2. The summed E-state index contributed by atoms with van der Waals surface area (Å²) in [6.07, 6.45) is 1.35. The third-order valence-electron chi connectivity index (χ3n) is 5.91. The first kappa shape index (κ1) is 26.2. The van der Waals surface area contributed by atoms with Crippen LogP contribution >= 0.6 is 0 Å². The number of hydrogen-bond acceptors (Lipinski definition) is 8. The second kappa shape index (κ2) is 11.3. The molecule has 190 valence electrons. The molecule has 0 bridgehead atoms. The smallest absolute Gasteiger partial charge is 0.303 e. The number of ketones is 1. The van der Waals surface area contributed by atoms with Gasteiger partial charge >= 0.3 is 5.97 Å². The SMILES string of the molecule is COc1ccc(OC)c(C2/C(=C(\O)c3ccc([N+](=O)[O-])cc3)C(=O)C(=O)N2CCCCCC(=O)O)c1. The van der Waals surface area contributed by atoms with Crippen LogP contribution in [0.25, 0.3) is 5.76 Å². The van der Waals surface area contributed by atoms with Crippen molar-refractivity contribution in [2.45, 2.75) is 31.7 Å². The van der Waals surface area contributed by atoms with Crippen LogP contribution in [-0.2, 0) is 14.4 Å². The molecule has 2 aromatic rings. The summed E-state index contributed by atoms with van der Waals surface area (Å²) in [5.41, 5.74) is 0.155. The van der Waals surface area contributed by atoms with E-state index in [1.807, 2.05) is 0 Å². The monoisotopic (exact) mass is 498 g/mol. The number of nitro benzene ring substituents is 1. The molecule has 3 rings (SSSR count). The molecule has 0 aromatic heterocycles. The number of Topliss-reactive ketones (excluding diaryl/α,β-unsaturated/α-hetero) is 1. The molecule has 1 aliphatic heterocycles. The van der Waals surface area contributed by atoms with Gasteiger partial charge in [0.15, 0.2) is 0 Å². The molecule has 2 aromatic carbocycles. The maximum Gasteiger partial charge on any atom is 0.303 e. The van der Waals surface area contributed by atoms with Gasteiger partial charge in [-0.25, -0.2) is 0 Å². The molecule has 11 nitrogen and oxygen atoms in total. The number of carbonyl (C=O) groups excluding carboxylic acids is 2. The van der Waals surface area contributed by atoms with E-state index in [9.17, 15) is 29.6 Å². The van der Waals surface area contributed by atoms with Gasteiger partial charge in [0, 0.05) is 36.2 Å². The van der Waals surface area contributed by atoms with Crippen molar-refractivity contribution in [2.75, 3.05) is 20.8 Å². The molecule has 11 heteroatoms. The normalized spacial score (nSPS) is 16.7. The average Bonchev–Trinajstić information content (AvgIpc) is 3.12. The molecule has 1 fully saturated rings. The largest absolute Gasteiger partial charge is 0.507 e. The van der Waals surface area contributed by atoms with Gasteiger partial charge in [-0.2, -0.15) is 0 Å². The lowest BCUT2D eigenvalue weighted by Gasteiger charge is -2.27. The first-order chi connectivity index (χ1) is 17.2. The summed E-state index contributed by atoms with van der Waals surface area (Å²) in [4.78, 5) is 48.7. The highest BCUT2D eigenvalue weighted by atomic mass is 16.6. The van der Waals surface area contributed by atoms with Crippen LogP contribution < -0.4 is 9.47 Å². The van der Waals surface area contributed by atoms with Crippen molar-refractivity contribution >= 4 is 29.1 Å². The van der Waals surface area contributed by atoms with Gasteiger partial charge in [-0.3, -0.25) is 24.5 Å². The van der Waals surface area contributed by atoms with Crippen LogP contribution in [0, 0.1) is 10.1 Å². The van der Waals surface area contributed by atoms with Gasteiger partial charge in [0.05, 0.1) is 30.8 Å². The lowest BCUT2D eigenvalue weighted by atomic mass is 9.94. The summed E-state index contributed by atoms with van der Waals surface area (Å²) in [7, 11) is 2.89. The predicted molar refractivity (Wildman–Crippen MR) is 128 cm³/mol. The molecular formula is C25H26N2O9. The summed E-state index contributed by atoms with van der Waals surface area (Å²) >= 11 is 0. The van der Waals surface area contributed by atoms with Crippen LogP contribution in [0.4, 0.5) is 5.69 Å². The van der Waals surface area contributed by atoms with Gasteiger partial charge in [-0.1, -0.05) is 6.42 Å². The lowest BCUT2D eigenvalue weighted by Crippen LogP contribution is -2.31. The second-order valence-electron chi connectivity index (χ2n) is 8.11. The average molecular weight is 498 g/mol. The van der Waals surface area contributed by atoms with Crippen LogP contribution in [0.2, 0.25) is 0 Å². The minimum absolute atomic E-state index is 0.00784. The zero-order valence-electron chi connectivity index (χ0n) is 19.8. The number of benzene rings is 2. The van der Waals surface area contributed by atoms with E-state index in [2.05, 4.69) is 0 Å². The number of aliphatic carboxylic acids is 1. The number of non-ortho nitro benzene ring substituents is 1. The molecule has 0 saturated carbocycles. The molecule has 0 spiro atoms. The second-order valence-corrected chi connectivity index (χ2v) is 8.11. The lowest BCUT2D eigenvalue weighted by molar-refractivity contribution is -0.384. The van der Waals surface area contributed by atoms with Crippen molar-refractivity contribution in [1.29, 1.82) is 0 Å². The molecule has 1 saturated heterocycles. The quantitative estimate of drug-likeness (QED) is 0.118. The number of carboxylic acid groups (broad SMARTS) is 1. The molecule has 1 heterocycles. The standard InChI is InChI=1S/C25H26N2O9/c1-35-17-11-12-19(36-2)18(14-17)22-21(23(30)15-7-9-16(10-8-15)27(33)34)24(31)25(32)26(22)13-5-3-4-6-20(28)29/h7-12,14,22,30H,3-6,13H2,1-2H3,(H,28,29)/b23-21+. The zero-order valence-corrected chi connectivity index (χ0v) is 19.8. The highest BCUT2D eigenvalue weighted by molar-refractivity contribution is 6.46. The van der Waals surface area contributed by atoms with Crippen LogP contribution in [0.1, 0.15) is 42.9 Å². The summed E-state index contributed by atoms with van der Waals surface area (Å²) in [6, 6.07) is 8.83. The van der Waals surface area contributed by atoms with E-state index >= 15 is 0 Å². The van der Waals surface area contributed by atoms with E-state index in [1.165, 1.54) is 43.4 Å². The molecule has 1 unspecified atom stereocenters. The molecule has 0 aliphatic carbocycles. The first-order valence-corrected chi connectivity index (χ1v) is 11.2. The number of nitro groups is 1. The number of carboxylic acids is 1. The molecule has 1 atom stereocenters. The Kier molecular flexibility index (Phi) is 8.26. The number of likely N-dealkylation sites (tertiary alicyclic amines) is 1. The van der Waals surface area contributed by atoms with E-state index in [0.717, 1.165) is 0 Å². The van der Waals surface area contributed by atoms with E-state index in [1.54, 1.807) is 18.2 Å². The Balaban J connectivity index is 2.09. The number of unbranched alkanes of at least 4 members (excludes halogenated alkanes) is 2. The van der Waals surface area contributed by atoms with Crippen molar-refractivity contribution in [3.05, 3.63) is 69.3 Å². The maximum absolute atomic E-state index is 13.2. The number of aliphatic hydroxyl groups excluding tert-OH is 1. The van der Waals surface area contributed by atoms with Crippen molar-refractivity contribution in [3.63, 3.8) is 0 Å². The fourth-order valence-electron chi connectivity index (χ4n) is 4.12. The summed E-state index contributed by atoms with van der Waals surface area (Å²) in [5.74, 6) is -2.34. The number of carbonyl (C=O) groups is 3. The number of ether oxygens (including phenoxy) is 2. The van der Waals surface area contributed by atoms with E-state index in [4.69, 9.17) is 14.6 Å². The Morgan fingerprint density at radius 3 is 2.31 bits per heavy atom. The van der Waals surface area contributed by atoms with Crippen molar-refractivity contribution in [1.82, 2.24) is 4.90 Å². The Morgan fingerprint density at radius 2 is 1.72 bits per heavy atom. The molecular weight excluding hydrogens is 472 g/mol.